The van der Waals surface area contributed by atoms with E-state index in [1.165, 1.54) is 13.8 Å². The Labute approximate surface area is 183 Å². The van der Waals surface area contributed by atoms with E-state index in [1.54, 1.807) is 0 Å². The molecule has 14 heteroatoms. The molecule has 0 spiro atoms. The van der Waals surface area contributed by atoms with Crippen molar-refractivity contribution in [1.29, 1.82) is 0 Å². The Hall–Kier alpha value is -0.560. The van der Waals surface area contributed by atoms with Gasteiger partial charge in [-0.3, -0.25) is 0 Å². The van der Waals surface area contributed by atoms with Gasteiger partial charge in [0.1, 0.15) is 61.0 Å². The lowest BCUT2D eigenvalue weighted by molar-refractivity contribution is -0.377. The lowest BCUT2D eigenvalue weighted by Crippen LogP contribution is -2.65. The average Bonchev–Trinajstić information content (AvgIpc) is 2.76. The highest BCUT2D eigenvalue weighted by atomic mass is 16.8. The predicted molar refractivity (Wildman–Crippen MR) is 98.4 cm³/mol. The number of aliphatic hydroxyl groups is 9. The van der Waals surface area contributed by atoms with E-state index in [-0.39, 0.29) is 0 Å². The summed E-state index contributed by atoms with van der Waals surface area (Å²) in [6.07, 6.45) is -22.1. The number of aliphatic hydroxyl groups excluding tert-OH is 9. The summed E-state index contributed by atoms with van der Waals surface area (Å²) < 4.78 is 26.7. The molecule has 3 aliphatic rings. The van der Waals surface area contributed by atoms with Crippen LogP contribution in [0.25, 0.3) is 0 Å². The smallest absolute Gasteiger partial charge is 0.187 e. The molecule has 0 aromatic heterocycles. The van der Waals surface area contributed by atoms with Crippen LogP contribution in [0.3, 0.4) is 0 Å². The minimum absolute atomic E-state index is 0.668. The summed E-state index contributed by atoms with van der Waals surface area (Å²) in [6, 6.07) is 0. The third-order valence-electron chi connectivity index (χ3n) is 6.01. The van der Waals surface area contributed by atoms with Gasteiger partial charge in [0.05, 0.1) is 18.8 Å². The predicted octanol–water partition coefficient (Wildman–Crippen LogP) is -5.52. The minimum atomic E-state index is -1.78. The maximum absolute atomic E-state index is 10.5. The van der Waals surface area contributed by atoms with Crippen molar-refractivity contribution in [3.05, 3.63) is 0 Å². The summed E-state index contributed by atoms with van der Waals surface area (Å²) in [5.41, 5.74) is 0. The van der Waals surface area contributed by atoms with Crippen LogP contribution in [0, 0.1) is 0 Å². The molecule has 0 aromatic carbocycles. The summed E-state index contributed by atoms with van der Waals surface area (Å²) in [6.45, 7) is 2.23. The fourth-order valence-electron chi connectivity index (χ4n) is 3.96. The molecule has 1 unspecified atom stereocenters. The molecule has 0 amide bonds. The van der Waals surface area contributed by atoms with Crippen LogP contribution in [-0.4, -0.2) is 145 Å². The number of hydrogen-bond donors (Lipinski definition) is 9. The molecule has 9 N–H and O–H groups in total. The highest BCUT2D eigenvalue weighted by Gasteiger charge is 2.52. The number of hydrogen-bond acceptors (Lipinski definition) is 14. The normalized spacial score (nSPS) is 55.0. The maximum atomic E-state index is 10.5. The lowest BCUT2D eigenvalue weighted by atomic mass is 9.97. The molecule has 0 bridgehead atoms. The fraction of sp³-hybridized carbons (Fsp3) is 1.00. The van der Waals surface area contributed by atoms with Crippen molar-refractivity contribution in [1.82, 2.24) is 0 Å². The van der Waals surface area contributed by atoms with Crippen LogP contribution >= 0.6 is 0 Å². The Bertz CT molecular complexity index is 610. The van der Waals surface area contributed by atoms with E-state index in [4.69, 9.17) is 28.8 Å². The molecule has 3 fully saturated rings. The molecular formula is C18H32O14. The fourth-order valence-corrected chi connectivity index (χ4v) is 3.96. The van der Waals surface area contributed by atoms with Gasteiger partial charge in [0, 0.05) is 0 Å². The summed E-state index contributed by atoms with van der Waals surface area (Å²) in [7, 11) is 0. The van der Waals surface area contributed by atoms with Crippen LogP contribution in [0.2, 0.25) is 0 Å². The molecule has 32 heavy (non-hydrogen) atoms. The van der Waals surface area contributed by atoms with E-state index in [1.807, 2.05) is 0 Å². The number of rotatable bonds is 5. The van der Waals surface area contributed by atoms with E-state index < -0.39 is 98.7 Å². The summed E-state index contributed by atoms with van der Waals surface area (Å²) in [5, 5.41) is 90.1. The van der Waals surface area contributed by atoms with Crippen LogP contribution in [0.1, 0.15) is 13.8 Å². The van der Waals surface area contributed by atoms with Gasteiger partial charge in [-0.1, -0.05) is 0 Å². The summed E-state index contributed by atoms with van der Waals surface area (Å²) in [5.74, 6) is 0. The zero-order valence-electron chi connectivity index (χ0n) is 17.4. The zero-order chi connectivity index (χ0) is 23.9. The summed E-state index contributed by atoms with van der Waals surface area (Å²) in [4.78, 5) is 0. The van der Waals surface area contributed by atoms with E-state index in [2.05, 4.69) is 0 Å². The van der Waals surface area contributed by atoms with E-state index >= 15 is 0 Å². The SMILES string of the molecule is C[C@@H]1O[C@@H](O[C@@H]2[C@@H](O)[C@@H](O)[C@H](O[C@H]3C(O)O[C@H](CO)[C@@H](O)[C@@H]3O)O[C@H]2C)[C@H](O)[C@H](O)[C@H]1O. The minimum Gasteiger partial charge on any atom is -0.394 e. The maximum Gasteiger partial charge on any atom is 0.187 e. The van der Waals surface area contributed by atoms with Crippen molar-refractivity contribution >= 4 is 0 Å². The van der Waals surface area contributed by atoms with Crippen LogP contribution in [0.15, 0.2) is 0 Å². The first-order valence-corrected chi connectivity index (χ1v) is 10.3. The van der Waals surface area contributed by atoms with Gasteiger partial charge >= 0.3 is 0 Å². The lowest BCUT2D eigenvalue weighted by Gasteiger charge is -2.47. The third kappa shape index (κ3) is 4.94. The van der Waals surface area contributed by atoms with Gasteiger partial charge in [-0.25, -0.2) is 0 Å². The molecule has 3 rings (SSSR count). The molecule has 0 aromatic rings. The topological polar surface area (TPSA) is 228 Å². The van der Waals surface area contributed by atoms with Gasteiger partial charge in [-0.05, 0) is 13.8 Å². The molecule has 15 atom stereocenters. The average molecular weight is 472 g/mol. The van der Waals surface area contributed by atoms with Crippen molar-refractivity contribution in [2.45, 2.75) is 106 Å². The highest BCUT2D eigenvalue weighted by Crippen LogP contribution is 2.31. The van der Waals surface area contributed by atoms with Gasteiger partial charge in [0.2, 0.25) is 0 Å². The largest absolute Gasteiger partial charge is 0.394 e. The monoisotopic (exact) mass is 472 g/mol. The standard InChI is InChI=1S/C18H32O14/c1-4-7(20)9(22)12(25)17(28-4)31-14-5(2)29-18(13(26)11(14)24)32-15-10(23)8(21)6(3-19)30-16(15)27/h4-27H,3H2,1-2H3/t4-,5-,6+,7-,8+,9+,10-,11-,12+,13+,14-,15+,16?,17-,18-/m0/s1. The Kier molecular flexibility index (Phi) is 8.44. The van der Waals surface area contributed by atoms with Gasteiger partial charge in [0.25, 0.3) is 0 Å². The van der Waals surface area contributed by atoms with E-state index in [0.29, 0.717) is 0 Å². The molecule has 188 valence electrons. The van der Waals surface area contributed by atoms with Crippen LogP contribution in [-0.2, 0) is 23.7 Å². The Balaban J connectivity index is 1.65. The molecule has 3 saturated heterocycles. The van der Waals surface area contributed by atoms with Gasteiger partial charge in [-0.2, -0.15) is 0 Å². The quantitative estimate of drug-likeness (QED) is 0.182. The molecule has 0 radical (unpaired) electrons. The summed E-state index contributed by atoms with van der Waals surface area (Å²) >= 11 is 0. The first-order valence-electron chi connectivity index (χ1n) is 10.3. The highest BCUT2D eigenvalue weighted by molar-refractivity contribution is 4.94. The molecule has 14 nitrogen and oxygen atoms in total. The molecule has 3 heterocycles. The van der Waals surface area contributed by atoms with Crippen molar-refractivity contribution < 1.29 is 69.6 Å². The Morgan fingerprint density at radius 2 is 1.06 bits per heavy atom. The van der Waals surface area contributed by atoms with Crippen molar-refractivity contribution in [2.24, 2.45) is 0 Å². The van der Waals surface area contributed by atoms with Gasteiger partial charge < -0.3 is 69.6 Å². The Morgan fingerprint density at radius 1 is 0.562 bits per heavy atom. The molecular weight excluding hydrogens is 440 g/mol. The van der Waals surface area contributed by atoms with Crippen LogP contribution < -0.4 is 0 Å². The number of ether oxygens (including phenoxy) is 5. The molecule has 0 aliphatic carbocycles. The second kappa shape index (κ2) is 10.4. The van der Waals surface area contributed by atoms with Crippen molar-refractivity contribution in [3.63, 3.8) is 0 Å². The van der Waals surface area contributed by atoms with Gasteiger partial charge in [0.15, 0.2) is 18.9 Å². The third-order valence-corrected chi connectivity index (χ3v) is 6.01. The first kappa shape index (κ1) is 26.1. The first-order chi connectivity index (χ1) is 15.0. The molecule has 0 saturated carbocycles. The van der Waals surface area contributed by atoms with Gasteiger partial charge in [-0.15, -0.1) is 0 Å². The zero-order valence-corrected chi connectivity index (χ0v) is 17.4. The second-order valence-corrected chi connectivity index (χ2v) is 8.30. The van der Waals surface area contributed by atoms with E-state index in [0.717, 1.165) is 0 Å². The van der Waals surface area contributed by atoms with Crippen molar-refractivity contribution in [3.8, 4) is 0 Å². The second-order valence-electron chi connectivity index (χ2n) is 8.30. The van der Waals surface area contributed by atoms with Crippen LogP contribution in [0.5, 0.6) is 0 Å². The molecule has 3 aliphatic heterocycles. The van der Waals surface area contributed by atoms with Crippen LogP contribution in [0.4, 0.5) is 0 Å². The van der Waals surface area contributed by atoms with E-state index in [9.17, 15) is 40.9 Å². The Morgan fingerprint density at radius 3 is 1.66 bits per heavy atom. The van der Waals surface area contributed by atoms with Crippen molar-refractivity contribution in [2.75, 3.05) is 6.61 Å².